The van der Waals surface area contributed by atoms with Crippen LogP contribution in [0.1, 0.15) is 24.5 Å². The molecule has 5 heteroatoms. The van der Waals surface area contributed by atoms with Crippen molar-refractivity contribution in [3.63, 3.8) is 0 Å². The van der Waals surface area contributed by atoms with E-state index in [4.69, 9.17) is 5.73 Å². The monoisotopic (exact) mass is 238 g/mol. The molecule has 0 aromatic carbocycles. The first kappa shape index (κ1) is 11.7. The van der Waals surface area contributed by atoms with Gasteiger partial charge in [-0.3, -0.25) is 4.90 Å². The third-order valence-corrected chi connectivity index (χ3v) is 3.90. The maximum atomic E-state index is 5.81. The lowest BCUT2D eigenvalue weighted by Gasteiger charge is -2.31. The quantitative estimate of drug-likeness (QED) is 0.842. The number of rotatable bonds is 2. The lowest BCUT2D eigenvalue weighted by atomic mass is 10.2. The van der Waals surface area contributed by atoms with E-state index < -0.39 is 0 Å². The van der Waals surface area contributed by atoms with Crippen molar-refractivity contribution in [3.05, 3.63) is 17.6 Å². The average molecular weight is 238 g/mol. The van der Waals surface area contributed by atoms with Gasteiger partial charge in [0, 0.05) is 29.8 Å². The SMILES string of the molecule is CCc1cc(N)nc(C2CSCCN2C)n1. The van der Waals surface area contributed by atoms with Gasteiger partial charge in [0.25, 0.3) is 0 Å². The van der Waals surface area contributed by atoms with Crippen LogP contribution in [-0.2, 0) is 6.42 Å². The third kappa shape index (κ3) is 2.47. The van der Waals surface area contributed by atoms with E-state index in [1.165, 1.54) is 5.75 Å². The van der Waals surface area contributed by atoms with E-state index in [0.717, 1.165) is 30.2 Å². The van der Waals surface area contributed by atoms with Crippen LogP contribution >= 0.6 is 11.8 Å². The largest absolute Gasteiger partial charge is 0.384 e. The molecule has 0 saturated carbocycles. The Morgan fingerprint density at radius 3 is 3.06 bits per heavy atom. The third-order valence-electron chi connectivity index (χ3n) is 2.87. The molecular weight excluding hydrogens is 220 g/mol. The normalized spacial score (nSPS) is 22.2. The van der Waals surface area contributed by atoms with Crippen LogP contribution in [-0.4, -0.2) is 40.0 Å². The fraction of sp³-hybridized carbons (Fsp3) is 0.636. The molecule has 1 aliphatic heterocycles. The average Bonchev–Trinajstić information content (AvgIpc) is 2.28. The van der Waals surface area contributed by atoms with Gasteiger partial charge in [-0.1, -0.05) is 6.92 Å². The zero-order chi connectivity index (χ0) is 11.5. The molecule has 1 aliphatic rings. The summed E-state index contributed by atoms with van der Waals surface area (Å²) in [7, 11) is 2.13. The van der Waals surface area contributed by atoms with E-state index in [1.54, 1.807) is 0 Å². The van der Waals surface area contributed by atoms with Crippen molar-refractivity contribution in [2.24, 2.45) is 0 Å². The Labute approximate surface area is 101 Å². The van der Waals surface area contributed by atoms with Crippen LogP contribution in [0.4, 0.5) is 5.82 Å². The van der Waals surface area contributed by atoms with Crippen molar-refractivity contribution in [1.29, 1.82) is 0 Å². The summed E-state index contributed by atoms with van der Waals surface area (Å²) < 4.78 is 0. The number of nitrogens with two attached hydrogens (primary N) is 1. The Hall–Kier alpha value is -0.810. The van der Waals surface area contributed by atoms with E-state index in [-0.39, 0.29) is 0 Å². The Kier molecular flexibility index (Phi) is 3.66. The second-order valence-electron chi connectivity index (χ2n) is 4.07. The molecule has 0 radical (unpaired) electrons. The number of hydrogen-bond acceptors (Lipinski definition) is 5. The van der Waals surface area contributed by atoms with Crippen molar-refractivity contribution in [1.82, 2.24) is 14.9 Å². The molecule has 1 unspecified atom stereocenters. The van der Waals surface area contributed by atoms with Gasteiger partial charge in [-0.25, -0.2) is 9.97 Å². The van der Waals surface area contributed by atoms with E-state index in [0.29, 0.717) is 11.9 Å². The zero-order valence-corrected chi connectivity index (χ0v) is 10.6. The molecule has 2 heterocycles. The van der Waals surface area contributed by atoms with Gasteiger partial charge in [0.05, 0.1) is 6.04 Å². The number of anilines is 1. The van der Waals surface area contributed by atoms with Crippen LogP contribution in [0.3, 0.4) is 0 Å². The Morgan fingerprint density at radius 1 is 1.56 bits per heavy atom. The molecule has 16 heavy (non-hydrogen) atoms. The summed E-state index contributed by atoms with van der Waals surface area (Å²) in [5.41, 5.74) is 6.84. The molecule has 1 fully saturated rings. The molecule has 0 amide bonds. The molecule has 2 rings (SSSR count). The van der Waals surface area contributed by atoms with Crippen molar-refractivity contribution in [2.45, 2.75) is 19.4 Å². The summed E-state index contributed by atoms with van der Waals surface area (Å²) in [4.78, 5) is 11.3. The summed E-state index contributed by atoms with van der Waals surface area (Å²) >= 11 is 1.96. The molecule has 0 spiro atoms. The van der Waals surface area contributed by atoms with Crippen LogP contribution < -0.4 is 5.73 Å². The van der Waals surface area contributed by atoms with Gasteiger partial charge in [-0.15, -0.1) is 0 Å². The molecule has 1 saturated heterocycles. The maximum Gasteiger partial charge on any atom is 0.148 e. The summed E-state index contributed by atoms with van der Waals surface area (Å²) in [5, 5.41) is 0. The van der Waals surface area contributed by atoms with Gasteiger partial charge < -0.3 is 5.73 Å². The van der Waals surface area contributed by atoms with Crippen molar-refractivity contribution < 1.29 is 0 Å². The van der Waals surface area contributed by atoms with E-state index in [1.807, 2.05) is 17.8 Å². The lowest BCUT2D eigenvalue weighted by Crippen LogP contribution is -2.34. The number of aromatic nitrogens is 2. The van der Waals surface area contributed by atoms with Gasteiger partial charge in [-0.2, -0.15) is 11.8 Å². The maximum absolute atomic E-state index is 5.81. The van der Waals surface area contributed by atoms with Crippen molar-refractivity contribution in [2.75, 3.05) is 30.8 Å². The highest BCUT2D eigenvalue weighted by Crippen LogP contribution is 2.26. The number of nitrogens with zero attached hydrogens (tertiary/aromatic N) is 3. The van der Waals surface area contributed by atoms with Gasteiger partial charge in [0.1, 0.15) is 11.6 Å². The molecule has 88 valence electrons. The second kappa shape index (κ2) is 5.01. The van der Waals surface area contributed by atoms with Gasteiger partial charge in [0.15, 0.2) is 0 Å². The summed E-state index contributed by atoms with van der Waals surface area (Å²) in [6.45, 7) is 3.18. The highest BCUT2D eigenvalue weighted by atomic mass is 32.2. The highest BCUT2D eigenvalue weighted by molar-refractivity contribution is 7.99. The minimum absolute atomic E-state index is 0.313. The molecular formula is C11H18N4S. The van der Waals surface area contributed by atoms with Gasteiger partial charge in [0.2, 0.25) is 0 Å². The Bertz CT molecular complexity index is 369. The molecule has 2 N–H and O–H groups in total. The van der Waals surface area contributed by atoms with Gasteiger partial charge >= 0.3 is 0 Å². The van der Waals surface area contributed by atoms with Crippen LogP contribution in [0.2, 0.25) is 0 Å². The molecule has 0 aliphatic carbocycles. The molecule has 1 aromatic rings. The first-order valence-electron chi connectivity index (χ1n) is 5.62. The van der Waals surface area contributed by atoms with E-state index in [9.17, 15) is 0 Å². The predicted molar refractivity (Wildman–Crippen MR) is 68.5 cm³/mol. The van der Waals surface area contributed by atoms with E-state index >= 15 is 0 Å². The number of nitrogen functional groups attached to an aromatic ring is 1. The van der Waals surface area contributed by atoms with Crippen LogP contribution in [0, 0.1) is 0 Å². The van der Waals surface area contributed by atoms with Gasteiger partial charge in [-0.05, 0) is 13.5 Å². The number of thioether (sulfide) groups is 1. The van der Waals surface area contributed by atoms with E-state index in [2.05, 4.69) is 28.8 Å². The number of aryl methyl sites for hydroxylation is 1. The minimum atomic E-state index is 0.313. The van der Waals surface area contributed by atoms with Crippen LogP contribution in [0.15, 0.2) is 6.07 Å². The van der Waals surface area contributed by atoms with Crippen molar-refractivity contribution in [3.8, 4) is 0 Å². The fourth-order valence-corrected chi connectivity index (χ4v) is 3.04. The summed E-state index contributed by atoms with van der Waals surface area (Å²) in [6.07, 6.45) is 0.906. The first-order valence-corrected chi connectivity index (χ1v) is 6.77. The van der Waals surface area contributed by atoms with Crippen molar-refractivity contribution >= 4 is 17.6 Å². The Morgan fingerprint density at radius 2 is 2.38 bits per heavy atom. The molecule has 0 bridgehead atoms. The minimum Gasteiger partial charge on any atom is -0.384 e. The molecule has 4 nitrogen and oxygen atoms in total. The fourth-order valence-electron chi connectivity index (χ4n) is 1.83. The predicted octanol–water partition coefficient (Wildman–Crippen LogP) is 1.34. The van der Waals surface area contributed by atoms with Crippen LogP contribution in [0.25, 0.3) is 0 Å². The zero-order valence-electron chi connectivity index (χ0n) is 9.81. The topological polar surface area (TPSA) is 55.0 Å². The molecule has 1 atom stereocenters. The molecule has 1 aromatic heterocycles. The van der Waals surface area contributed by atoms with Crippen LogP contribution in [0.5, 0.6) is 0 Å². The number of hydrogen-bond donors (Lipinski definition) is 1. The standard InChI is InChI=1S/C11H18N4S/c1-3-8-6-10(12)14-11(13-8)9-7-16-5-4-15(9)2/h6,9H,3-5,7H2,1-2H3,(H2,12,13,14). The first-order chi connectivity index (χ1) is 7.70. The Balaban J connectivity index is 2.27. The smallest absolute Gasteiger partial charge is 0.148 e. The highest BCUT2D eigenvalue weighted by Gasteiger charge is 2.23. The summed E-state index contributed by atoms with van der Waals surface area (Å²) in [6, 6.07) is 2.17. The lowest BCUT2D eigenvalue weighted by molar-refractivity contribution is 0.264. The second-order valence-corrected chi connectivity index (χ2v) is 5.22. The summed E-state index contributed by atoms with van der Waals surface area (Å²) in [5.74, 6) is 3.72.